The number of carbonyl (C=O) groups excluding carboxylic acids is 1. The van der Waals surface area contributed by atoms with Gasteiger partial charge in [-0.1, -0.05) is 15.9 Å². The Morgan fingerprint density at radius 1 is 1.61 bits per heavy atom. The molecule has 100 valence electrons. The molecule has 4 nitrogen and oxygen atoms in total. The second kappa shape index (κ2) is 6.63. The smallest absolute Gasteiger partial charge is 0.311 e. The summed E-state index contributed by atoms with van der Waals surface area (Å²) in [4.78, 5) is 15.1. The van der Waals surface area contributed by atoms with E-state index in [-0.39, 0.29) is 35.4 Å². The minimum Gasteiger partial charge on any atom is -0.466 e. The summed E-state index contributed by atoms with van der Waals surface area (Å²) in [5.41, 5.74) is 5.57. The standard InChI is InChI=1S/C11H13BrF2N2O2/c1-2-18-9(17)4-7-10(11(13)14)6(5-12)3-8(15)16-7/h3,11H,2,4-5H2,1H3,(H2,15,16). The van der Waals surface area contributed by atoms with Crippen molar-refractivity contribution < 1.29 is 18.3 Å². The van der Waals surface area contributed by atoms with Crippen LogP contribution in [0.15, 0.2) is 6.07 Å². The molecule has 1 aromatic heterocycles. The Labute approximate surface area is 112 Å². The van der Waals surface area contributed by atoms with Crippen LogP contribution < -0.4 is 5.73 Å². The maximum Gasteiger partial charge on any atom is 0.311 e. The van der Waals surface area contributed by atoms with E-state index < -0.39 is 12.4 Å². The molecule has 1 rings (SSSR count). The predicted octanol–water partition coefficient (Wildman–Crippen LogP) is 2.60. The van der Waals surface area contributed by atoms with Crippen LogP contribution in [0.5, 0.6) is 0 Å². The van der Waals surface area contributed by atoms with Gasteiger partial charge >= 0.3 is 5.97 Å². The van der Waals surface area contributed by atoms with E-state index in [0.717, 1.165) is 0 Å². The molecule has 0 bridgehead atoms. The summed E-state index contributed by atoms with van der Waals surface area (Å²) in [6.45, 7) is 1.83. The molecule has 1 aromatic rings. The molecule has 0 atom stereocenters. The number of nitrogens with two attached hydrogens (primary N) is 1. The monoisotopic (exact) mass is 322 g/mol. The SMILES string of the molecule is CCOC(=O)Cc1nc(N)cc(CBr)c1C(F)F. The van der Waals surface area contributed by atoms with Crippen LogP contribution >= 0.6 is 15.9 Å². The van der Waals surface area contributed by atoms with E-state index in [1.165, 1.54) is 6.07 Å². The fourth-order valence-corrected chi connectivity index (χ4v) is 2.01. The highest BCUT2D eigenvalue weighted by Gasteiger charge is 2.21. The average Bonchev–Trinajstić information content (AvgIpc) is 2.27. The van der Waals surface area contributed by atoms with Crippen molar-refractivity contribution in [3.8, 4) is 0 Å². The summed E-state index contributed by atoms with van der Waals surface area (Å²) in [5.74, 6) is -0.494. The summed E-state index contributed by atoms with van der Waals surface area (Å²) in [6, 6.07) is 1.37. The van der Waals surface area contributed by atoms with Gasteiger partial charge < -0.3 is 10.5 Å². The summed E-state index contributed by atoms with van der Waals surface area (Å²) >= 11 is 3.11. The number of carbonyl (C=O) groups is 1. The Balaban J connectivity index is 3.15. The van der Waals surface area contributed by atoms with Gasteiger partial charge in [-0.3, -0.25) is 4.79 Å². The molecular formula is C11H13BrF2N2O2. The van der Waals surface area contributed by atoms with E-state index in [9.17, 15) is 13.6 Å². The van der Waals surface area contributed by atoms with Crippen LogP contribution in [-0.2, 0) is 21.3 Å². The third-order valence-electron chi connectivity index (χ3n) is 2.22. The summed E-state index contributed by atoms with van der Waals surface area (Å²) < 4.78 is 30.7. The molecule has 0 aliphatic heterocycles. The second-order valence-corrected chi connectivity index (χ2v) is 4.04. The van der Waals surface area contributed by atoms with Crippen LogP contribution in [0.3, 0.4) is 0 Å². The molecule has 0 unspecified atom stereocenters. The van der Waals surface area contributed by atoms with Crippen molar-refractivity contribution in [2.24, 2.45) is 0 Å². The lowest BCUT2D eigenvalue weighted by atomic mass is 10.1. The number of alkyl halides is 3. The van der Waals surface area contributed by atoms with E-state index >= 15 is 0 Å². The average molecular weight is 323 g/mol. The van der Waals surface area contributed by atoms with Gasteiger partial charge in [0.15, 0.2) is 0 Å². The normalized spacial score (nSPS) is 10.7. The van der Waals surface area contributed by atoms with Gasteiger partial charge in [0.05, 0.1) is 18.7 Å². The molecule has 0 aliphatic rings. The van der Waals surface area contributed by atoms with E-state index in [1.54, 1.807) is 6.92 Å². The van der Waals surface area contributed by atoms with Crippen LogP contribution in [0, 0.1) is 0 Å². The van der Waals surface area contributed by atoms with Crippen molar-refractivity contribution >= 4 is 27.7 Å². The number of hydrogen-bond donors (Lipinski definition) is 1. The summed E-state index contributed by atoms with van der Waals surface area (Å²) in [5, 5.41) is 0.217. The molecule has 18 heavy (non-hydrogen) atoms. The number of esters is 1. The zero-order chi connectivity index (χ0) is 13.7. The van der Waals surface area contributed by atoms with Gasteiger partial charge in [-0.05, 0) is 18.6 Å². The molecular weight excluding hydrogens is 310 g/mol. The highest BCUT2D eigenvalue weighted by molar-refractivity contribution is 9.08. The van der Waals surface area contributed by atoms with E-state index in [2.05, 4.69) is 20.9 Å². The molecule has 0 spiro atoms. The van der Waals surface area contributed by atoms with Crippen molar-refractivity contribution in [2.75, 3.05) is 12.3 Å². The van der Waals surface area contributed by atoms with Gasteiger partial charge in [0.25, 0.3) is 6.43 Å². The molecule has 0 fully saturated rings. The minimum absolute atomic E-state index is 0.0297. The second-order valence-electron chi connectivity index (χ2n) is 3.48. The highest BCUT2D eigenvalue weighted by atomic mass is 79.9. The maximum absolute atomic E-state index is 13.0. The number of anilines is 1. The number of hydrogen-bond acceptors (Lipinski definition) is 4. The lowest BCUT2D eigenvalue weighted by molar-refractivity contribution is -0.142. The fourth-order valence-electron chi connectivity index (χ4n) is 1.55. The lowest BCUT2D eigenvalue weighted by Gasteiger charge is -2.12. The van der Waals surface area contributed by atoms with E-state index in [1.807, 2.05) is 0 Å². The van der Waals surface area contributed by atoms with Crippen molar-refractivity contribution in [3.05, 3.63) is 22.9 Å². The fraction of sp³-hybridized carbons (Fsp3) is 0.455. The number of halogens is 3. The summed E-state index contributed by atoms with van der Waals surface area (Å²) in [7, 11) is 0. The largest absolute Gasteiger partial charge is 0.466 e. The number of nitrogen functional groups attached to an aromatic ring is 1. The van der Waals surface area contributed by atoms with Crippen LogP contribution in [0.1, 0.15) is 30.2 Å². The molecule has 0 saturated heterocycles. The van der Waals surface area contributed by atoms with E-state index in [4.69, 9.17) is 10.5 Å². The first kappa shape index (κ1) is 14.8. The molecule has 0 saturated carbocycles. The molecule has 7 heteroatoms. The van der Waals surface area contributed by atoms with Crippen molar-refractivity contribution in [3.63, 3.8) is 0 Å². The Kier molecular flexibility index (Phi) is 5.46. The molecule has 0 amide bonds. The predicted molar refractivity (Wildman–Crippen MR) is 66.6 cm³/mol. The molecule has 0 aliphatic carbocycles. The van der Waals surface area contributed by atoms with Crippen LogP contribution in [-0.4, -0.2) is 17.6 Å². The van der Waals surface area contributed by atoms with Gasteiger partial charge in [0.2, 0.25) is 0 Å². The van der Waals surface area contributed by atoms with Crippen molar-refractivity contribution in [1.82, 2.24) is 4.98 Å². The zero-order valence-electron chi connectivity index (χ0n) is 9.75. The van der Waals surface area contributed by atoms with Gasteiger partial charge in [-0.2, -0.15) is 0 Å². The first-order valence-corrected chi connectivity index (χ1v) is 6.39. The molecule has 2 N–H and O–H groups in total. The Morgan fingerprint density at radius 3 is 2.78 bits per heavy atom. The minimum atomic E-state index is -2.71. The third kappa shape index (κ3) is 3.63. The van der Waals surface area contributed by atoms with E-state index in [0.29, 0.717) is 5.56 Å². The lowest BCUT2D eigenvalue weighted by Crippen LogP contribution is -2.13. The van der Waals surface area contributed by atoms with Crippen molar-refractivity contribution in [2.45, 2.75) is 25.1 Å². The van der Waals surface area contributed by atoms with Crippen LogP contribution in [0.25, 0.3) is 0 Å². The first-order valence-electron chi connectivity index (χ1n) is 5.27. The quantitative estimate of drug-likeness (QED) is 0.668. The Hall–Kier alpha value is -1.24. The van der Waals surface area contributed by atoms with Gasteiger partial charge in [0, 0.05) is 10.9 Å². The molecule has 0 radical (unpaired) electrons. The topological polar surface area (TPSA) is 65.2 Å². The third-order valence-corrected chi connectivity index (χ3v) is 2.83. The number of rotatable bonds is 5. The number of ether oxygens (including phenoxy) is 1. The van der Waals surface area contributed by atoms with Gasteiger partial charge in [-0.25, -0.2) is 13.8 Å². The zero-order valence-corrected chi connectivity index (χ0v) is 11.3. The van der Waals surface area contributed by atoms with Gasteiger partial charge in [-0.15, -0.1) is 0 Å². The van der Waals surface area contributed by atoms with Crippen LogP contribution in [0.2, 0.25) is 0 Å². The first-order chi connectivity index (χ1) is 8.49. The summed E-state index contributed by atoms with van der Waals surface area (Å²) in [6.07, 6.45) is -3.02. The Bertz CT molecular complexity index is 441. The number of pyridine rings is 1. The highest BCUT2D eigenvalue weighted by Crippen LogP contribution is 2.29. The molecule has 0 aromatic carbocycles. The number of nitrogens with zero attached hydrogens (tertiary/aromatic N) is 1. The number of aromatic nitrogens is 1. The van der Waals surface area contributed by atoms with Crippen LogP contribution in [0.4, 0.5) is 14.6 Å². The molecule has 1 heterocycles. The maximum atomic E-state index is 13.0. The van der Waals surface area contributed by atoms with Crippen molar-refractivity contribution in [1.29, 1.82) is 0 Å². The Morgan fingerprint density at radius 2 is 2.28 bits per heavy atom. The van der Waals surface area contributed by atoms with Gasteiger partial charge in [0.1, 0.15) is 5.82 Å².